The minimum Gasteiger partial charge on any atom is -0.299 e. The predicted octanol–water partition coefficient (Wildman–Crippen LogP) is 3.62. The fourth-order valence-corrected chi connectivity index (χ4v) is 2.94. The first kappa shape index (κ1) is 19.8. The number of allylic oxidation sites excluding steroid dienone is 1. The number of sulfonamides is 1. The Morgan fingerprint density at radius 2 is 1.81 bits per heavy atom. The van der Waals surface area contributed by atoms with Gasteiger partial charge in [-0.1, -0.05) is 26.0 Å². The molecular formula is C19H21FN2O3S. The summed E-state index contributed by atoms with van der Waals surface area (Å²) in [5, 5.41) is 0. The Hall–Kier alpha value is -2.54. The van der Waals surface area contributed by atoms with Gasteiger partial charge in [-0.15, -0.1) is 0 Å². The normalized spacial score (nSPS) is 11.9. The number of pyridine rings is 1. The molecule has 0 aliphatic rings. The van der Waals surface area contributed by atoms with Crippen LogP contribution < -0.4 is 4.31 Å². The van der Waals surface area contributed by atoms with Gasteiger partial charge < -0.3 is 0 Å². The summed E-state index contributed by atoms with van der Waals surface area (Å²) in [4.78, 5) is 15.3. The topological polar surface area (TPSA) is 67.3 Å². The van der Waals surface area contributed by atoms with Gasteiger partial charge in [0.05, 0.1) is 11.9 Å². The number of aldehydes is 1. The first-order valence-corrected chi connectivity index (χ1v) is 9.86. The molecule has 0 aliphatic carbocycles. The number of nitrogens with zero attached hydrogens (tertiary/aromatic N) is 2. The Morgan fingerprint density at radius 1 is 1.19 bits per heavy atom. The molecule has 0 spiro atoms. The molecule has 0 fully saturated rings. The van der Waals surface area contributed by atoms with Crippen LogP contribution in [0.25, 0.3) is 17.2 Å². The van der Waals surface area contributed by atoms with Gasteiger partial charge in [0.25, 0.3) is 0 Å². The molecule has 5 nitrogen and oxygen atoms in total. The minimum atomic E-state index is -3.50. The van der Waals surface area contributed by atoms with Gasteiger partial charge in [0, 0.05) is 12.6 Å². The summed E-state index contributed by atoms with van der Waals surface area (Å²) < 4.78 is 38.3. The van der Waals surface area contributed by atoms with Crippen LogP contribution in [0.4, 0.5) is 10.2 Å². The average molecular weight is 376 g/mol. The van der Waals surface area contributed by atoms with Crippen LogP contribution in [0, 0.1) is 5.82 Å². The second-order valence-corrected chi connectivity index (χ2v) is 8.23. The maximum absolute atomic E-state index is 13.3. The smallest absolute Gasteiger partial charge is 0.233 e. The molecule has 26 heavy (non-hydrogen) atoms. The summed E-state index contributed by atoms with van der Waals surface area (Å²) in [7, 11) is -2.07. The van der Waals surface area contributed by atoms with Gasteiger partial charge in [-0.05, 0) is 47.4 Å². The van der Waals surface area contributed by atoms with E-state index >= 15 is 0 Å². The van der Waals surface area contributed by atoms with Crippen molar-refractivity contribution in [2.45, 2.75) is 19.8 Å². The van der Waals surface area contributed by atoms with Crippen molar-refractivity contribution in [2.75, 3.05) is 17.6 Å². The second kappa shape index (κ2) is 7.78. The quantitative estimate of drug-likeness (QED) is 0.570. The Labute approximate surface area is 153 Å². The van der Waals surface area contributed by atoms with Crippen LogP contribution in [0.2, 0.25) is 0 Å². The molecule has 7 heteroatoms. The lowest BCUT2D eigenvalue weighted by Gasteiger charge is -2.21. The van der Waals surface area contributed by atoms with Crippen molar-refractivity contribution >= 4 is 28.2 Å². The molecule has 2 rings (SSSR count). The zero-order valence-electron chi connectivity index (χ0n) is 15.1. The lowest BCUT2D eigenvalue weighted by molar-refractivity contribution is -0.104. The van der Waals surface area contributed by atoms with Crippen molar-refractivity contribution in [2.24, 2.45) is 0 Å². The van der Waals surface area contributed by atoms with Gasteiger partial charge in [0.15, 0.2) is 0 Å². The van der Waals surface area contributed by atoms with Gasteiger partial charge in [0.2, 0.25) is 10.0 Å². The average Bonchev–Trinajstić information content (AvgIpc) is 2.58. The van der Waals surface area contributed by atoms with Crippen LogP contribution in [-0.4, -0.2) is 33.0 Å². The highest BCUT2D eigenvalue weighted by molar-refractivity contribution is 7.92. The Morgan fingerprint density at radius 3 is 2.31 bits per heavy atom. The second-order valence-electron chi connectivity index (χ2n) is 6.21. The molecule has 0 N–H and O–H groups in total. The Balaban J connectivity index is 2.83. The fraction of sp³-hybridized carbons (Fsp3) is 0.263. The van der Waals surface area contributed by atoms with E-state index in [1.54, 1.807) is 24.3 Å². The molecule has 0 bridgehead atoms. The standard InChI is InChI=1S/C19H21FN2O3S/c1-13(2)19-16(6-5-11-23)17(14-7-9-15(20)10-8-14)12-18(21-19)22(3)26(4,24)25/h5-13H,1-4H3. The third kappa shape index (κ3) is 4.35. The number of halogens is 1. The van der Waals surface area contributed by atoms with E-state index in [-0.39, 0.29) is 17.6 Å². The molecule has 1 heterocycles. The Kier molecular flexibility index (Phi) is 5.92. The number of hydrogen-bond donors (Lipinski definition) is 0. The lowest BCUT2D eigenvalue weighted by atomic mass is 9.94. The van der Waals surface area contributed by atoms with Crippen LogP contribution in [0.3, 0.4) is 0 Å². The molecule has 0 saturated carbocycles. The van der Waals surface area contributed by atoms with E-state index in [2.05, 4.69) is 4.98 Å². The van der Waals surface area contributed by atoms with Crippen LogP contribution in [0.1, 0.15) is 31.0 Å². The van der Waals surface area contributed by atoms with Gasteiger partial charge in [0.1, 0.15) is 17.9 Å². The number of aromatic nitrogens is 1. The molecule has 138 valence electrons. The number of carbonyl (C=O) groups excluding carboxylic acids is 1. The zero-order chi connectivity index (χ0) is 19.5. The lowest BCUT2D eigenvalue weighted by Crippen LogP contribution is -2.26. The van der Waals surface area contributed by atoms with E-state index in [4.69, 9.17) is 0 Å². The van der Waals surface area contributed by atoms with Crippen LogP contribution in [0.15, 0.2) is 36.4 Å². The van der Waals surface area contributed by atoms with Crippen molar-refractivity contribution in [3.8, 4) is 11.1 Å². The van der Waals surface area contributed by atoms with Crippen molar-refractivity contribution < 1.29 is 17.6 Å². The molecule has 0 radical (unpaired) electrons. The SMILES string of the molecule is CC(C)c1nc(N(C)S(C)(=O)=O)cc(-c2ccc(F)cc2)c1C=CC=O. The molecule has 0 atom stereocenters. The molecule has 1 aromatic carbocycles. The molecule has 2 aromatic rings. The number of benzene rings is 1. The van der Waals surface area contributed by atoms with E-state index in [9.17, 15) is 17.6 Å². The van der Waals surface area contributed by atoms with Crippen molar-refractivity contribution in [1.29, 1.82) is 0 Å². The highest BCUT2D eigenvalue weighted by atomic mass is 32.2. The van der Waals surface area contributed by atoms with Crippen molar-refractivity contribution in [1.82, 2.24) is 4.98 Å². The predicted molar refractivity (Wildman–Crippen MR) is 102 cm³/mol. The zero-order valence-corrected chi connectivity index (χ0v) is 15.9. The monoisotopic (exact) mass is 376 g/mol. The number of rotatable bonds is 6. The first-order chi connectivity index (χ1) is 12.1. The van der Waals surface area contributed by atoms with E-state index < -0.39 is 10.0 Å². The first-order valence-electron chi connectivity index (χ1n) is 8.01. The summed E-state index contributed by atoms with van der Waals surface area (Å²) >= 11 is 0. The van der Waals surface area contributed by atoms with Crippen molar-refractivity contribution in [3.63, 3.8) is 0 Å². The highest BCUT2D eigenvalue weighted by Gasteiger charge is 2.20. The maximum Gasteiger partial charge on any atom is 0.233 e. The van der Waals surface area contributed by atoms with Gasteiger partial charge in [-0.25, -0.2) is 17.8 Å². The van der Waals surface area contributed by atoms with Crippen LogP contribution in [-0.2, 0) is 14.8 Å². The van der Waals surface area contributed by atoms with E-state index in [0.717, 1.165) is 10.6 Å². The Bertz CT molecular complexity index is 936. The highest BCUT2D eigenvalue weighted by Crippen LogP contribution is 2.34. The van der Waals surface area contributed by atoms with E-state index in [0.29, 0.717) is 28.7 Å². The summed E-state index contributed by atoms with van der Waals surface area (Å²) in [6.45, 7) is 3.86. The number of hydrogen-bond acceptors (Lipinski definition) is 4. The van der Waals surface area contributed by atoms with Gasteiger partial charge in [-0.3, -0.25) is 9.10 Å². The minimum absolute atomic E-state index is 0.0200. The maximum atomic E-state index is 13.3. The van der Waals surface area contributed by atoms with Gasteiger partial charge >= 0.3 is 0 Å². The number of anilines is 1. The van der Waals surface area contributed by atoms with Crippen molar-refractivity contribution in [3.05, 3.63) is 53.5 Å². The third-order valence-corrected chi connectivity index (χ3v) is 5.12. The molecular weight excluding hydrogens is 355 g/mol. The summed E-state index contributed by atoms with van der Waals surface area (Å²) in [6.07, 6.45) is 4.75. The van der Waals surface area contributed by atoms with Gasteiger partial charge in [-0.2, -0.15) is 0 Å². The third-order valence-electron chi connectivity index (χ3n) is 3.94. The molecule has 1 aromatic heterocycles. The fourth-order valence-electron chi connectivity index (χ4n) is 2.51. The van der Waals surface area contributed by atoms with E-state index in [1.807, 2.05) is 13.8 Å². The molecule has 0 saturated heterocycles. The van der Waals surface area contributed by atoms with E-state index in [1.165, 1.54) is 25.3 Å². The summed E-state index contributed by atoms with van der Waals surface area (Å²) in [5.74, 6) is -0.127. The molecule has 0 amide bonds. The number of carbonyl (C=O) groups is 1. The molecule has 0 aliphatic heterocycles. The summed E-state index contributed by atoms with van der Waals surface area (Å²) in [5.41, 5.74) is 2.72. The van der Waals surface area contributed by atoms with Crippen LogP contribution >= 0.6 is 0 Å². The van der Waals surface area contributed by atoms with Crippen LogP contribution in [0.5, 0.6) is 0 Å². The summed E-state index contributed by atoms with van der Waals surface area (Å²) in [6, 6.07) is 7.51. The largest absolute Gasteiger partial charge is 0.299 e. The molecule has 0 unspecified atom stereocenters.